The van der Waals surface area contributed by atoms with Crippen LogP contribution in [0.3, 0.4) is 0 Å². The van der Waals surface area contributed by atoms with Crippen molar-refractivity contribution in [3.63, 3.8) is 0 Å². The van der Waals surface area contributed by atoms with Crippen LogP contribution in [0.4, 0.5) is 5.82 Å². The van der Waals surface area contributed by atoms with Crippen molar-refractivity contribution in [3.8, 4) is 5.75 Å². The maximum Gasteiger partial charge on any atom is 0.244 e. The van der Waals surface area contributed by atoms with Gasteiger partial charge in [-0.3, -0.25) is 0 Å². The second-order valence-electron chi connectivity index (χ2n) is 6.37. The summed E-state index contributed by atoms with van der Waals surface area (Å²) in [4.78, 5) is 4.57. The molecule has 0 spiro atoms. The fourth-order valence-electron chi connectivity index (χ4n) is 3.13. The molecular formula is C19H25N3O3S. The summed E-state index contributed by atoms with van der Waals surface area (Å²) in [6.45, 7) is 3.28. The number of sulfonamides is 1. The van der Waals surface area contributed by atoms with Gasteiger partial charge in [0.05, 0.1) is 13.2 Å². The molecule has 0 aliphatic carbocycles. The Morgan fingerprint density at radius 3 is 2.38 bits per heavy atom. The summed E-state index contributed by atoms with van der Waals surface area (Å²) in [5.74, 6) is 1.48. The lowest BCUT2D eigenvalue weighted by molar-refractivity contribution is 0.414. The second-order valence-corrected chi connectivity index (χ2v) is 8.31. The number of nitrogens with one attached hydrogen (secondary N) is 1. The Bertz CT molecular complexity index is 814. The van der Waals surface area contributed by atoms with Gasteiger partial charge in [0.25, 0.3) is 0 Å². The number of rotatable bonds is 7. The van der Waals surface area contributed by atoms with Gasteiger partial charge in [-0.05, 0) is 49.1 Å². The van der Waals surface area contributed by atoms with Crippen LogP contribution in [0.5, 0.6) is 5.75 Å². The molecule has 1 unspecified atom stereocenters. The molecule has 2 aromatic rings. The van der Waals surface area contributed by atoms with E-state index in [1.165, 1.54) is 10.5 Å². The van der Waals surface area contributed by atoms with Crippen molar-refractivity contribution in [2.24, 2.45) is 0 Å². The number of benzene rings is 1. The maximum atomic E-state index is 12.6. The van der Waals surface area contributed by atoms with Gasteiger partial charge in [-0.15, -0.1) is 0 Å². The van der Waals surface area contributed by atoms with Gasteiger partial charge in [0.2, 0.25) is 10.0 Å². The third-order valence-electron chi connectivity index (χ3n) is 4.69. The molecule has 2 heterocycles. The molecule has 140 valence electrons. The van der Waals surface area contributed by atoms with E-state index in [0.29, 0.717) is 18.9 Å². The molecule has 1 aromatic heterocycles. The van der Waals surface area contributed by atoms with E-state index in [0.717, 1.165) is 30.6 Å². The van der Waals surface area contributed by atoms with Crippen LogP contribution >= 0.6 is 0 Å². The van der Waals surface area contributed by atoms with Gasteiger partial charge >= 0.3 is 0 Å². The molecule has 7 heteroatoms. The Kier molecular flexibility index (Phi) is 5.78. The average Bonchev–Trinajstić information content (AvgIpc) is 3.22. The highest BCUT2D eigenvalue weighted by atomic mass is 32.2. The largest absolute Gasteiger partial charge is 0.497 e. The molecule has 1 N–H and O–H groups in total. The smallest absolute Gasteiger partial charge is 0.244 e. The van der Waals surface area contributed by atoms with Crippen LogP contribution in [-0.2, 0) is 10.0 Å². The van der Waals surface area contributed by atoms with E-state index in [2.05, 4.69) is 17.2 Å². The van der Waals surface area contributed by atoms with E-state index in [4.69, 9.17) is 4.74 Å². The quantitative estimate of drug-likeness (QED) is 0.803. The molecule has 1 aliphatic heterocycles. The van der Waals surface area contributed by atoms with E-state index in [1.54, 1.807) is 19.2 Å². The highest BCUT2D eigenvalue weighted by Gasteiger charge is 2.27. The number of ether oxygens (including phenoxy) is 1. The molecule has 1 fully saturated rings. The van der Waals surface area contributed by atoms with Gasteiger partial charge in [0.15, 0.2) is 0 Å². The van der Waals surface area contributed by atoms with E-state index < -0.39 is 10.0 Å². The van der Waals surface area contributed by atoms with Crippen molar-refractivity contribution in [1.82, 2.24) is 9.29 Å². The summed E-state index contributed by atoms with van der Waals surface area (Å²) in [6, 6.07) is 11.4. The zero-order valence-corrected chi connectivity index (χ0v) is 16.0. The fourth-order valence-corrected chi connectivity index (χ4v) is 4.59. The number of pyridine rings is 1. The Morgan fingerprint density at radius 1 is 1.15 bits per heavy atom. The fraction of sp³-hybridized carbons (Fsp3) is 0.421. The number of aromatic nitrogens is 1. The van der Waals surface area contributed by atoms with Gasteiger partial charge in [-0.2, -0.15) is 4.31 Å². The summed E-state index contributed by atoms with van der Waals surface area (Å²) in [5.41, 5.74) is 1.13. The van der Waals surface area contributed by atoms with E-state index in [9.17, 15) is 8.42 Å². The summed E-state index contributed by atoms with van der Waals surface area (Å²) >= 11 is 0. The number of nitrogens with zero attached hydrogens (tertiary/aromatic N) is 2. The Hall–Kier alpha value is -2.12. The Labute approximate surface area is 155 Å². The third kappa shape index (κ3) is 3.99. The van der Waals surface area contributed by atoms with E-state index in [1.807, 2.05) is 24.3 Å². The normalized spacial score (nSPS) is 16.4. The first-order chi connectivity index (χ1) is 12.5. The minimum Gasteiger partial charge on any atom is -0.497 e. The van der Waals surface area contributed by atoms with Crippen LogP contribution in [0.25, 0.3) is 0 Å². The molecule has 0 amide bonds. The Balaban J connectivity index is 1.73. The predicted octanol–water partition coefficient (Wildman–Crippen LogP) is 3.44. The molecule has 3 rings (SSSR count). The van der Waals surface area contributed by atoms with E-state index >= 15 is 0 Å². The van der Waals surface area contributed by atoms with Crippen LogP contribution in [0, 0.1) is 0 Å². The summed E-state index contributed by atoms with van der Waals surface area (Å²) in [7, 11) is -1.78. The van der Waals surface area contributed by atoms with Crippen LogP contribution in [0.2, 0.25) is 0 Å². The molecule has 26 heavy (non-hydrogen) atoms. The second kappa shape index (κ2) is 8.05. The zero-order chi connectivity index (χ0) is 18.6. The minimum absolute atomic E-state index is 0.0921. The van der Waals surface area contributed by atoms with Crippen LogP contribution in [0.1, 0.15) is 37.8 Å². The van der Waals surface area contributed by atoms with Crippen molar-refractivity contribution in [2.75, 3.05) is 25.5 Å². The lowest BCUT2D eigenvalue weighted by Gasteiger charge is -2.19. The maximum absolute atomic E-state index is 12.6. The number of anilines is 1. The number of hydrogen-bond acceptors (Lipinski definition) is 5. The molecule has 1 saturated heterocycles. The molecule has 6 nitrogen and oxygen atoms in total. The minimum atomic E-state index is -3.42. The predicted molar refractivity (Wildman–Crippen MR) is 102 cm³/mol. The van der Waals surface area contributed by atoms with Gasteiger partial charge in [0, 0.05) is 19.3 Å². The third-order valence-corrected chi connectivity index (χ3v) is 6.57. The summed E-state index contributed by atoms with van der Waals surface area (Å²) < 4.78 is 31.8. The van der Waals surface area contributed by atoms with Crippen molar-refractivity contribution in [1.29, 1.82) is 0 Å². The van der Waals surface area contributed by atoms with Gasteiger partial charge in [0.1, 0.15) is 16.5 Å². The first-order valence-corrected chi connectivity index (χ1v) is 10.4. The molecular weight excluding hydrogens is 350 g/mol. The molecule has 0 bridgehead atoms. The Morgan fingerprint density at radius 2 is 1.85 bits per heavy atom. The van der Waals surface area contributed by atoms with Crippen LogP contribution in [-0.4, -0.2) is 37.9 Å². The SMILES string of the molecule is CCC(Nc1ccc(S(=O)(=O)N2CCCC2)cn1)c1ccc(OC)cc1. The topological polar surface area (TPSA) is 71.5 Å². The van der Waals surface area contributed by atoms with Gasteiger partial charge in [-0.1, -0.05) is 19.1 Å². The standard InChI is InChI=1S/C19H25N3O3S/c1-3-18(15-6-8-16(25-2)9-7-15)21-19-11-10-17(14-20-19)26(23,24)22-12-4-5-13-22/h6-11,14,18H,3-5,12-13H2,1-2H3,(H,20,21). The first kappa shape index (κ1) is 18.7. The lowest BCUT2D eigenvalue weighted by atomic mass is 10.0. The van der Waals surface area contributed by atoms with Gasteiger partial charge < -0.3 is 10.1 Å². The molecule has 0 radical (unpaired) electrons. The van der Waals surface area contributed by atoms with Crippen molar-refractivity contribution >= 4 is 15.8 Å². The van der Waals surface area contributed by atoms with Gasteiger partial charge in [-0.25, -0.2) is 13.4 Å². The summed E-state index contributed by atoms with van der Waals surface area (Å²) in [5, 5.41) is 3.37. The van der Waals surface area contributed by atoms with Crippen LogP contribution in [0.15, 0.2) is 47.5 Å². The van der Waals surface area contributed by atoms with Crippen LogP contribution < -0.4 is 10.1 Å². The van der Waals surface area contributed by atoms with E-state index in [-0.39, 0.29) is 10.9 Å². The molecule has 1 aromatic carbocycles. The van der Waals surface area contributed by atoms with Crippen molar-refractivity contribution in [3.05, 3.63) is 48.2 Å². The number of hydrogen-bond donors (Lipinski definition) is 1. The molecule has 1 aliphatic rings. The van der Waals surface area contributed by atoms with Crippen molar-refractivity contribution in [2.45, 2.75) is 37.1 Å². The average molecular weight is 375 g/mol. The monoisotopic (exact) mass is 375 g/mol. The molecule has 1 atom stereocenters. The molecule has 0 saturated carbocycles. The lowest BCUT2D eigenvalue weighted by Crippen LogP contribution is -2.28. The highest BCUT2D eigenvalue weighted by Crippen LogP contribution is 2.25. The first-order valence-electron chi connectivity index (χ1n) is 8.91. The number of methoxy groups -OCH3 is 1. The summed E-state index contributed by atoms with van der Waals surface area (Å²) in [6.07, 6.45) is 4.16. The highest BCUT2D eigenvalue weighted by molar-refractivity contribution is 7.89. The van der Waals surface area contributed by atoms with Crippen molar-refractivity contribution < 1.29 is 13.2 Å². The zero-order valence-electron chi connectivity index (χ0n) is 15.2.